The van der Waals surface area contributed by atoms with Crippen LogP contribution in [0.25, 0.3) is 0 Å². The Bertz CT molecular complexity index is 414. The van der Waals surface area contributed by atoms with E-state index in [1.165, 1.54) is 17.0 Å². The Hall–Kier alpha value is -0.0900. The Kier molecular flexibility index (Phi) is 8.99. The molecule has 0 aromatic heterocycles. The molecule has 20 heavy (non-hydrogen) atoms. The second-order valence-corrected chi connectivity index (χ2v) is 7.05. The van der Waals surface area contributed by atoms with E-state index in [2.05, 4.69) is 22.5 Å². The third-order valence-corrected chi connectivity index (χ3v) is 4.73. The first-order valence-corrected chi connectivity index (χ1v) is 8.65. The number of nitrogens with zero attached hydrogens (tertiary/aromatic N) is 2. The molecule has 1 fully saturated rings. The molecule has 2 atom stereocenters. The minimum atomic E-state index is -3.08. The van der Waals surface area contributed by atoms with E-state index >= 15 is 0 Å². The third kappa shape index (κ3) is 7.07. The van der Waals surface area contributed by atoms with E-state index in [1.54, 1.807) is 7.05 Å². The molecule has 120 valence electrons. The molecule has 1 aliphatic carbocycles. The molecule has 0 aromatic rings. The summed E-state index contributed by atoms with van der Waals surface area (Å²) in [5.41, 5.74) is 0. The predicted octanol–water partition coefficient (Wildman–Crippen LogP) is 0.849. The lowest BCUT2D eigenvalue weighted by Crippen LogP contribution is -2.40. The quantitative estimate of drug-likeness (QED) is 0.278. The summed E-state index contributed by atoms with van der Waals surface area (Å²) in [5.74, 6) is 1.52. The van der Waals surface area contributed by atoms with Gasteiger partial charge < -0.3 is 10.6 Å². The maximum absolute atomic E-state index is 11.4. The number of guanidine groups is 1. The molecule has 2 unspecified atom stereocenters. The summed E-state index contributed by atoms with van der Waals surface area (Å²) in [6.45, 7) is 5.83. The standard InChI is InChI=1S/C12H26N4O2S.HI/c1-5-16(19(4,17)18)8-6-7-14-12(13-3)15-11-9-10(11)2;/h10-11H,5-9H2,1-4H3,(H2,13,14,15);1H. The van der Waals surface area contributed by atoms with Gasteiger partial charge in [-0.25, -0.2) is 12.7 Å². The second-order valence-electron chi connectivity index (χ2n) is 5.07. The van der Waals surface area contributed by atoms with Gasteiger partial charge in [0.25, 0.3) is 0 Å². The number of hydrogen-bond acceptors (Lipinski definition) is 3. The largest absolute Gasteiger partial charge is 0.356 e. The number of aliphatic imine (C=N–C) groups is 1. The minimum absolute atomic E-state index is 0. The van der Waals surface area contributed by atoms with Crippen LogP contribution in [0.15, 0.2) is 4.99 Å². The van der Waals surface area contributed by atoms with Crippen LogP contribution in [-0.2, 0) is 10.0 Å². The average molecular weight is 418 g/mol. The lowest BCUT2D eigenvalue weighted by atomic mass is 10.4. The van der Waals surface area contributed by atoms with E-state index in [0.717, 1.165) is 18.3 Å². The highest BCUT2D eigenvalue weighted by molar-refractivity contribution is 14.0. The van der Waals surface area contributed by atoms with Gasteiger partial charge in [-0.1, -0.05) is 13.8 Å². The summed E-state index contributed by atoms with van der Waals surface area (Å²) < 4.78 is 24.3. The van der Waals surface area contributed by atoms with Crippen LogP contribution in [0.2, 0.25) is 0 Å². The Labute approximate surface area is 139 Å². The van der Waals surface area contributed by atoms with Gasteiger partial charge in [0.2, 0.25) is 10.0 Å². The first-order valence-electron chi connectivity index (χ1n) is 6.80. The van der Waals surface area contributed by atoms with Crippen LogP contribution in [0.1, 0.15) is 26.7 Å². The third-order valence-electron chi connectivity index (χ3n) is 3.35. The summed E-state index contributed by atoms with van der Waals surface area (Å²) >= 11 is 0. The van der Waals surface area contributed by atoms with Crippen molar-refractivity contribution in [3.05, 3.63) is 0 Å². The topological polar surface area (TPSA) is 73.8 Å². The molecule has 0 radical (unpaired) electrons. The number of halogens is 1. The summed E-state index contributed by atoms with van der Waals surface area (Å²) in [5, 5.41) is 6.54. The highest BCUT2D eigenvalue weighted by Gasteiger charge is 2.33. The molecule has 0 spiro atoms. The first-order chi connectivity index (χ1) is 8.88. The molecule has 0 saturated heterocycles. The molecule has 1 rings (SSSR count). The number of rotatable bonds is 7. The minimum Gasteiger partial charge on any atom is -0.356 e. The summed E-state index contributed by atoms with van der Waals surface area (Å²) in [6.07, 6.45) is 3.21. The van der Waals surface area contributed by atoms with Crippen molar-refractivity contribution in [1.29, 1.82) is 0 Å². The maximum Gasteiger partial charge on any atom is 0.211 e. The van der Waals surface area contributed by atoms with Crippen molar-refractivity contribution >= 4 is 40.0 Å². The first kappa shape index (κ1) is 19.9. The molecular weight excluding hydrogens is 391 g/mol. The van der Waals surface area contributed by atoms with Crippen molar-refractivity contribution in [1.82, 2.24) is 14.9 Å². The van der Waals surface area contributed by atoms with Gasteiger partial charge in [-0.05, 0) is 18.8 Å². The zero-order valence-electron chi connectivity index (χ0n) is 12.7. The molecule has 0 amide bonds. The Morgan fingerprint density at radius 2 is 2.05 bits per heavy atom. The lowest BCUT2D eigenvalue weighted by Gasteiger charge is -2.18. The van der Waals surface area contributed by atoms with Crippen LogP contribution in [0.4, 0.5) is 0 Å². The van der Waals surface area contributed by atoms with Gasteiger partial charge in [0.15, 0.2) is 5.96 Å². The molecule has 6 nitrogen and oxygen atoms in total. The van der Waals surface area contributed by atoms with Crippen LogP contribution in [-0.4, -0.2) is 57.7 Å². The molecule has 0 heterocycles. The highest BCUT2D eigenvalue weighted by atomic mass is 127. The molecule has 1 saturated carbocycles. The van der Waals surface area contributed by atoms with E-state index < -0.39 is 10.0 Å². The number of hydrogen-bond donors (Lipinski definition) is 2. The maximum atomic E-state index is 11.4. The number of nitrogens with one attached hydrogen (secondary N) is 2. The van der Waals surface area contributed by atoms with Crippen molar-refractivity contribution in [2.45, 2.75) is 32.7 Å². The molecule has 0 aliphatic heterocycles. The fourth-order valence-corrected chi connectivity index (χ4v) is 2.84. The predicted molar refractivity (Wildman–Crippen MR) is 94.2 cm³/mol. The van der Waals surface area contributed by atoms with Crippen LogP contribution < -0.4 is 10.6 Å². The van der Waals surface area contributed by atoms with Crippen molar-refractivity contribution in [2.75, 3.05) is 32.9 Å². The molecule has 0 bridgehead atoms. The smallest absolute Gasteiger partial charge is 0.211 e. The number of sulfonamides is 1. The Morgan fingerprint density at radius 3 is 2.45 bits per heavy atom. The van der Waals surface area contributed by atoms with Crippen molar-refractivity contribution in [2.24, 2.45) is 10.9 Å². The molecule has 2 N–H and O–H groups in total. The van der Waals surface area contributed by atoms with Gasteiger partial charge in [0.1, 0.15) is 0 Å². The van der Waals surface area contributed by atoms with Crippen molar-refractivity contribution in [3.8, 4) is 0 Å². The fourth-order valence-electron chi connectivity index (χ4n) is 1.91. The second kappa shape index (κ2) is 9.04. The van der Waals surface area contributed by atoms with Crippen LogP contribution in [0.5, 0.6) is 0 Å². The van der Waals surface area contributed by atoms with Crippen molar-refractivity contribution < 1.29 is 8.42 Å². The van der Waals surface area contributed by atoms with Crippen molar-refractivity contribution in [3.63, 3.8) is 0 Å². The van der Waals surface area contributed by atoms with Gasteiger partial charge in [0, 0.05) is 32.7 Å². The van der Waals surface area contributed by atoms with E-state index in [0.29, 0.717) is 25.7 Å². The van der Waals surface area contributed by atoms with Gasteiger partial charge >= 0.3 is 0 Å². The monoisotopic (exact) mass is 418 g/mol. The van der Waals surface area contributed by atoms with Crippen LogP contribution >= 0.6 is 24.0 Å². The van der Waals surface area contributed by atoms with Crippen LogP contribution in [0, 0.1) is 5.92 Å². The van der Waals surface area contributed by atoms with E-state index in [9.17, 15) is 8.42 Å². The average Bonchev–Trinajstić information content (AvgIpc) is 3.01. The molecule has 1 aliphatic rings. The van der Waals surface area contributed by atoms with E-state index in [1.807, 2.05) is 6.92 Å². The molecule has 8 heteroatoms. The summed E-state index contributed by atoms with van der Waals surface area (Å²) in [4.78, 5) is 4.15. The lowest BCUT2D eigenvalue weighted by molar-refractivity contribution is 0.424. The highest BCUT2D eigenvalue weighted by Crippen LogP contribution is 2.28. The van der Waals surface area contributed by atoms with Gasteiger partial charge in [-0.2, -0.15) is 0 Å². The Morgan fingerprint density at radius 1 is 1.45 bits per heavy atom. The van der Waals surface area contributed by atoms with E-state index in [-0.39, 0.29) is 24.0 Å². The molecule has 0 aromatic carbocycles. The fraction of sp³-hybridized carbons (Fsp3) is 0.917. The zero-order valence-corrected chi connectivity index (χ0v) is 15.9. The van der Waals surface area contributed by atoms with Gasteiger partial charge in [0.05, 0.1) is 6.26 Å². The Balaban J connectivity index is 0.00000361. The van der Waals surface area contributed by atoms with Gasteiger partial charge in [-0.15, -0.1) is 24.0 Å². The SMILES string of the molecule is CCN(CCCNC(=NC)NC1CC1C)S(C)(=O)=O.I. The summed E-state index contributed by atoms with van der Waals surface area (Å²) in [6, 6.07) is 0.536. The summed E-state index contributed by atoms with van der Waals surface area (Å²) in [7, 11) is -1.33. The zero-order chi connectivity index (χ0) is 14.5. The van der Waals surface area contributed by atoms with Gasteiger partial charge in [-0.3, -0.25) is 4.99 Å². The molecular formula is C12H27IN4O2S. The normalized spacial score (nSPS) is 22.4. The van der Waals surface area contributed by atoms with Crippen LogP contribution in [0.3, 0.4) is 0 Å². The van der Waals surface area contributed by atoms with E-state index in [4.69, 9.17) is 0 Å².